The van der Waals surface area contributed by atoms with Crippen LogP contribution in [0.25, 0.3) is 0 Å². The Bertz CT molecular complexity index is 1030. The van der Waals surface area contributed by atoms with Crippen molar-refractivity contribution in [3.63, 3.8) is 0 Å². The van der Waals surface area contributed by atoms with Gasteiger partial charge in [0.2, 0.25) is 0 Å². The normalized spacial score (nSPS) is 18.3. The number of aliphatic imine (C=N–C) groups is 1. The molecule has 29 heavy (non-hydrogen) atoms. The maximum absolute atomic E-state index is 11.0. The van der Waals surface area contributed by atoms with Gasteiger partial charge in [0, 0.05) is 30.2 Å². The van der Waals surface area contributed by atoms with Crippen LogP contribution in [0.3, 0.4) is 0 Å². The Balaban J connectivity index is 1.44. The molecule has 0 saturated heterocycles. The number of rotatable bonds is 6. The molecule has 0 spiro atoms. The van der Waals surface area contributed by atoms with Gasteiger partial charge < -0.3 is 21.1 Å². The zero-order valence-corrected chi connectivity index (χ0v) is 16.6. The third-order valence-electron chi connectivity index (χ3n) is 5.14. The largest absolute Gasteiger partial charge is 0.397 e. The number of nitrogens with two attached hydrogens (primary N) is 1. The highest BCUT2D eigenvalue weighted by molar-refractivity contribution is 7.11. The first-order valence-corrected chi connectivity index (χ1v) is 10.6. The first kappa shape index (κ1) is 18.1. The lowest BCUT2D eigenvalue weighted by molar-refractivity contribution is 0.230. The van der Waals surface area contributed by atoms with Gasteiger partial charge in [-0.1, -0.05) is 30.3 Å². The Morgan fingerprint density at radius 1 is 1.24 bits per heavy atom. The van der Waals surface area contributed by atoms with Crippen LogP contribution >= 0.6 is 11.3 Å². The van der Waals surface area contributed by atoms with Crippen molar-refractivity contribution in [2.75, 3.05) is 22.5 Å². The van der Waals surface area contributed by atoms with E-state index in [2.05, 4.69) is 27.4 Å². The topological polar surface area (TPSA) is 99.7 Å². The highest BCUT2D eigenvalue weighted by Gasteiger charge is 2.41. The third kappa shape index (κ3) is 3.56. The minimum Gasteiger partial charge on any atom is -0.397 e. The number of aromatic nitrogens is 2. The van der Waals surface area contributed by atoms with Crippen molar-refractivity contribution in [1.29, 1.82) is 0 Å². The van der Waals surface area contributed by atoms with Crippen molar-refractivity contribution in [2.24, 2.45) is 4.99 Å². The molecule has 2 aliphatic rings. The van der Waals surface area contributed by atoms with Gasteiger partial charge in [-0.3, -0.25) is 0 Å². The average Bonchev–Trinajstić information content (AvgIpc) is 3.41. The molecule has 1 aliphatic heterocycles. The van der Waals surface area contributed by atoms with E-state index >= 15 is 0 Å². The number of hydrogen-bond donors (Lipinski definition) is 3. The molecule has 3 aromatic rings. The summed E-state index contributed by atoms with van der Waals surface area (Å²) in [5.41, 5.74) is 9.32. The van der Waals surface area contributed by atoms with Gasteiger partial charge in [-0.05, 0) is 24.8 Å². The number of aliphatic hydroxyl groups excluding tert-OH is 1. The van der Waals surface area contributed by atoms with E-state index in [9.17, 15) is 5.11 Å². The number of hydrogen-bond acceptors (Lipinski definition) is 8. The monoisotopic (exact) mass is 406 g/mol. The van der Waals surface area contributed by atoms with Crippen LogP contribution in [0.2, 0.25) is 0 Å². The Morgan fingerprint density at radius 2 is 2.07 bits per heavy atom. The van der Waals surface area contributed by atoms with Gasteiger partial charge >= 0.3 is 0 Å². The van der Waals surface area contributed by atoms with Crippen molar-refractivity contribution >= 4 is 40.1 Å². The predicted molar refractivity (Wildman–Crippen MR) is 117 cm³/mol. The molecule has 5 rings (SSSR count). The molecule has 1 fully saturated rings. The first-order valence-electron chi connectivity index (χ1n) is 9.74. The summed E-state index contributed by atoms with van der Waals surface area (Å²) >= 11 is 1.46. The smallest absolute Gasteiger partial charge is 0.175 e. The molecule has 1 atom stereocenters. The van der Waals surface area contributed by atoms with E-state index in [4.69, 9.17) is 10.7 Å². The third-order valence-corrected chi connectivity index (χ3v) is 5.94. The van der Waals surface area contributed by atoms with Crippen LogP contribution in [0, 0.1) is 0 Å². The fourth-order valence-corrected chi connectivity index (χ4v) is 4.21. The maximum atomic E-state index is 11.0. The number of pyridine rings is 1. The molecule has 148 valence electrons. The summed E-state index contributed by atoms with van der Waals surface area (Å²) in [4.78, 5) is 15.7. The number of nitrogens with one attached hydrogen (secondary N) is 1. The van der Waals surface area contributed by atoms with Gasteiger partial charge in [-0.25, -0.2) is 15.0 Å². The molecule has 2 aromatic heterocycles. The molecule has 0 radical (unpaired) electrons. The molecular weight excluding hydrogens is 384 g/mol. The van der Waals surface area contributed by atoms with E-state index in [1.807, 2.05) is 34.5 Å². The summed E-state index contributed by atoms with van der Waals surface area (Å²) in [5.74, 6) is 1.34. The van der Waals surface area contributed by atoms with Crippen LogP contribution in [0.1, 0.15) is 23.4 Å². The number of aliphatic hydroxyl groups is 1. The molecule has 8 heteroatoms. The van der Waals surface area contributed by atoms with Gasteiger partial charge in [0.15, 0.2) is 12.0 Å². The van der Waals surface area contributed by atoms with Gasteiger partial charge in [0.1, 0.15) is 22.2 Å². The van der Waals surface area contributed by atoms with Crippen LogP contribution in [-0.4, -0.2) is 39.6 Å². The standard InChI is InChI=1S/C21H22N6OS/c22-15-12-16(23-9-8-13-4-2-1-3-5-13)25-19-17(15)26-18(20-24-10-11-29-20)21(28)27(19)14-6-7-14/h1-5,10-12,14,21,28H,6-9H2,(H3,22,23,25). The summed E-state index contributed by atoms with van der Waals surface area (Å²) in [6.45, 7) is 0.745. The van der Waals surface area contributed by atoms with E-state index < -0.39 is 6.23 Å². The van der Waals surface area contributed by atoms with E-state index in [0.29, 0.717) is 33.7 Å². The minimum atomic E-state index is -0.868. The van der Waals surface area contributed by atoms with E-state index in [-0.39, 0.29) is 6.04 Å². The number of benzene rings is 1. The average molecular weight is 407 g/mol. The van der Waals surface area contributed by atoms with Gasteiger partial charge in [0.05, 0.1) is 5.69 Å². The zero-order valence-electron chi connectivity index (χ0n) is 15.8. The summed E-state index contributed by atoms with van der Waals surface area (Å²) in [7, 11) is 0. The van der Waals surface area contributed by atoms with Crippen LogP contribution in [0.4, 0.5) is 23.0 Å². The lowest BCUT2D eigenvalue weighted by Crippen LogP contribution is -2.45. The number of nitrogen functional groups attached to an aromatic ring is 1. The second-order valence-electron chi connectivity index (χ2n) is 7.28. The molecular formula is C21H22N6OS. The van der Waals surface area contributed by atoms with Crippen LogP contribution < -0.4 is 16.0 Å². The predicted octanol–water partition coefficient (Wildman–Crippen LogP) is 3.20. The van der Waals surface area contributed by atoms with Gasteiger partial charge in [-0.15, -0.1) is 11.3 Å². The highest BCUT2D eigenvalue weighted by Crippen LogP contribution is 2.44. The van der Waals surface area contributed by atoms with Crippen LogP contribution in [0.5, 0.6) is 0 Å². The molecule has 1 unspecified atom stereocenters. The summed E-state index contributed by atoms with van der Waals surface area (Å²) in [6, 6.07) is 12.4. The van der Waals surface area contributed by atoms with Gasteiger partial charge in [0.25, 0.3) is 0 Å². The maximum Gasteiger partial charge on any atom is 0.175 e. The quantitative estimate of drug-likeness (QED) is 0.581. The Kier molecular flexibility index (Phi) is 4.65. The lowest BCUT2D eigenvalue weighted by Gasteiger charge is -2.34. The molecule has 7 nitrogen and oxygen atoms in total. The molecule has 3 heterocycles. The fourth-order valence-electron chi connectivity index (χ4n) is 3.57. The first-order chi connectivity index (χ1) is 14.2. The number of fused-ring (bicyclic) bond motifs is 1. The molecule has 1 aliphatic carbocycles. The molecule has 1 saturated carbocycles. The molecule has 0 amide bonds. The fraction of sp³-hybridized carbons (Fsp3) is 0.286. The Morgan fingerprint density at radius 3 is 2.79 bits per heavy atom. The van der Waals surface area contributed by atoms with Crippen molar-refractivity contribution in [2.45, 2.75) is 31.5 Å². The van der Waals surface area contributed by atoms with Crippen molar-refractivity contribution in [1.82, 2.24) is 9.97 Å². The zero-order chi connectivity index (χ0) is 19.8. The second kappa shape index (κ2) is 7.46. The summed E-state index contributed by atoms with van der Waals surface area (Å²) < 4.78 is 0. The SMILES string of the molecule is Nc1cc(NCCc2ccccc2)nc2c1N=C(c1nccs1)C(O)N2C1CC1. The Labute approximate surface area is 173 Å². The van der Waals surface area contributed by atoms with E-state index in [0.717, 1.165) is 25.8 Å². The van der Waals surface area contributed by atoms with Crippen LogP contribution in [0.15, 0.2) is 53.0 Å². The summed E-state index contributed by atoms with van der Waals surface area (Å²) in [6.07, 6.45) is 3.78. The van der Waals surface area contributed by atoms with Crippen molar-refractivity contribution in [3.05, 3.63) is 58.5 Å². The van der Waals surface area contributed by atoms with Crippen molar-refractivity contribution in [3.8, 4) is 0 Å². The molecule has 1 aromatic carbocycles. The number of anilines is 3. The minimum absolute atomic E-state index is 0.251. The van der Waals surface area contributed by atoms with E-state index in [1.165, 1.54) is 16.9 Å². The lowest BCUT2D eigenvalue weighted by atomic mass is 10.1. The summed E-state index contributed by atoms with van der Waals surface area (Å²) in [5, 5.41) is 17.0. The Hall–Kier alpha value is -2.97. The second-order valence-corrected chi connectivity index (χ2v) is 8.17. The van der Waals surface area contributed by atoms with E-state index in [1.54, 1.807) is 6.20 Å². The van der Waals surface area contributed by atoms with Gasteiger partial charge in [-0.2, -0.15) is 0 Å². The number of thiazole rings is 1. The number of nitrogens with zero attached hydrogens (tertiary/aromatic N) is 4. The van der Waals surface area contributed by atoms with Crippen molar-refractivity contribution < 1.29 is 5.11 Å². The highest BCUT2D eigenvalue weighted by atomic mass is 32.1. The van der Waals surface area contributed by atoms with Crippen LogP contribution in [-0.2, 0) is 6.42 Å². The molecule has 4 N–H and O–H groups in total. The molecule has 0 bridgehead atoms.